The number of nitro benzene ring substituents is 1. The third-order valence-electron chi connectivity index (χ3n) is 7.28. The van der Waals surface area contributed by atoms with Gasteiger partial charge < -0.3 is 29.6 Å². The molecule has 0 radical (unpaired) electrons. The number of non-ortho nitro benzene ring substituents is 1. The van der Waals surface area contributed by atoms with E-state index in [0.717, 1.165) is 22.6 Å². The van der Waals surface area contributed by atoms with Crippen molar-refractivity contribution >= 4 is 51.9 Å². The highest BCUT2D eigenvalue weighted by molar-refractivity contribution is 7.80. The maximum atomic E-state index is 12.1. The molecule has 0 bridgehead atoms. The molecule has 0 aliphatic carbocycles. The van der Waals surface area contributed by atoms with Gasteiger partial charge in [0.2, 0.25) is 5.91 Å². The predicted molar refractivity (Wildman–Crippen MR) is 168 cm³/mol. The van der Waals surface area contributed by atoms with E-state index in [-0.39, 0.29) is 30.3 Å². The molecule has 11 nitrogen and oxygen atoms in total. The van der Waals surface area contributed by atoms with E-state index in [1.54, 1.807) is 24.4 Å². The van der Waals surface area contributed by atoms with Crippen LogP contribution in [0.4, 0.5) is 17.1 Å². The third kappa shape index (κ3) is 5.76. The number of hydrogen-bond acceptors (Lipinski definition) is 7. The zero-order chi connectivity index (χ0) is 30.8. The quantitative estimate of drug-likeness (QED) is 0.135. The van der Waals surface area contributed by atoms with E-state index >= 15 is 0 Å². The number of aromatic nitrogens is 2. The largest absolute Gasteiger partial charge is 0.495 e. The van der Waals surface area contributed by atoms with Crippen LogP contribution in [0.15, 0.2) is 66.9 Å². The molecular weight excluding hydrogens is 592 g/mol. The molecule has 2 aromatic heterocycles. The van der Waals surface area contributed by atoms with E-state index < -0.39 is 4.92 Å². The number of carbonyl (C=O) groups excluding carboxylic acids is 1. The Hall–Kier alpha value is -4.52. The fourth-order valence-corrected chi connectivity index (χ4v) is 6.01. The number of aryl methyl sites for hydroxylation is 1. The van der Waals surface area contributed by atoms with E-state index in [1.807, 2.05) is 53.6 Å². The maximum absolute atomic E-state index is 12.1. The summed E-state index contributed by atoms with van der Waals surface area (Å²) in [5, 5.41) is 18.6. The molecule has 1 aliphatic heterocycles. The Morgan fingerprint density at radius 2 is 1.95 bits per heavy atom. The molecule has 1 amide bonds. The summed E-state index contributed by atoms with van der Waals surface area (Å²) in [5.74, 6) is 0.169. The molecule has 13 heteroatoms. The summed E-state index contributed by atoms with van der Waals surface area (Å²) < 4.78 is 12.4. The molecule has 1 fully saturated rings. The minimum absolute atomic E-state index is 0.0473. The number of amides is 1. The van der Waals surface area contributed by atoms with Crippen molar-refractivity contribution in [1.29, 1.82) is 0 Å². The Labute approximate surface area is 258 Å². The molecule has 222 valence electrons. The number of methoxy groups -OCH3 is 2. The highest BCUT2D eigenvalue weighted by atomic mass is 35.5. The van der Waals surface area contributed by atoms with Crippen LogP contribution in [0.1, 0.15) is 34.7 Å². The van der Waals surface area contributed by atoms with E-state index in [0.29, 0.717) is 32.9 Å². The molecule has 4 aromatic rings. The molecule has 2 aromatic carbocycles. The molecule has 43 heavy (non-hydrogen) atoms. The van der Waals surface area contributed by atoms with Gasteiger partial charge in [0.1, 0.15) is 12.4 Å². The van der Waals surface area contributed by atoms with Crippen molar-refractivity contribution in [2.45, 2.75) is 25.9 Å². The molecule has 3 heterocycles. The number of nitrogens with one attached hydrogen (secondary N) is 2. The Kier molecular flexibility index (Phi) is 8.62. The molecule has 2 atom stereocenters. The lowest BCUT2D eigenvalue weighted by atomic mass is 9.96. The van der Waals surface area contributed by atoms with Gasteiger partial charge in [-0.2, -0.15) is 0 Å². The molecule has 0 saturated carbocycles. The van der Waals surface area contributed by atoms with E-state index in [2.05, 4.69) is 15.6 Å². The standard InChI is InChI=1S/C30H29ClN6O5S/c1-17-13-21(18(2)35(17)25-15-20(37(39)40)9-11-26(25)42-4)29-28(24-7-5-6-12-32-24)34-30(43)36(29)19-8-10-23(22(31)14-19)33-27(38)16-41-3/h5-15,28-29H,16H2,1-4H3,(H,33,38)(H,34,43). The molecule has 2 N–H and O–H groups in total. The van der Waals surface area contributed by atoms with Crippen molar-refractivity contribution < 1.29 is 19.2 Å². The van der Waals surface area contributed by atoms with Gasteiger partial charge in [0.15, 0.2) is 5.11 Å². The normalized spacial score (nSPS) is 16.2. The van der Waals surface area contributed by atoms with Crippen molar-refractivity contribution in [2.75, 3.05) is 31.0 Å². The number of thiocarbonyl (C=S) groups is 1. The van der Waals surface area contributed by atoms with Gasteiger partial charge in [-0.05, 0) is 74.1 Å². The van der Waals surface area contributed by atoms with Gasteiger partial charge in [-0.1, -0.05) is 17.7 Å². The van der Waals surface area contributed by atoms with Crippen LogP contribution in [0.3, 0.4) is 0 Å². The average Bonchev–Trinajstić information content (AvgIpc) is 3.48. The van der Waals surface area contributed by atoms with Gasteiger partial charge in [0.05, 0.1) is 46.2 Å². The van der Waals surface area contributed by atoms with Crippen LogP contribution in [-0.4, -0.2) is 46.3 Å². The van der Waals surface area contributed by atoms with Crippen LogP contribution in [0.5, 0.6) is 5.75 Å². The van der Waals surface area contributed by atoms with Gasteiger partial charge in [0.25, 0.3) is 5.69 Å². The molecule has 0 spiro atoms. The third-order valence-corrected chi connectivity index (χ3v) is 7.91. The van der Waals surface area contributed by atoms with Crippen LogP contribution >= 0.6 is 23.8 Å². The van der Waals surface area contributed by atoms with Crippen molar-refractivity contribution in [1.82, 2.24) is 14.9 Å². The highest BCUT2D eigenvalue weighted by Gasteiger charge is 2.42. The Morgan fingerprint density at radius 3 is 2.60 bits per heavy atom. The van der Waals surface area contributed by atoms with Crippen molar-refractivity contribution in [2.24, 2.45) is 0 Å². The number of ether oxygens (including phenoxy) is 2. The molecule has 1 saturated heterocycles. The van der Waals surface area contributed by atoms with Gasteiger partial charge in [-0.25, -0.2) is 0 Å². The van der Waals surface area contributed by atoms with Crippen LogP contribution in [0.25, 0.3) is 5.69 Å². The summed E-state index contributed by atoms with van der Waals surface area (Å²) in [5.41, 5.74) is 5.03. The zero-order valence-electron chi connectivity index (χ0n) is 23.8. The lowest BCUT2D eigenvalue weighted by Crippen LogP contribution is -2.29. The SMILES string of the molecule is COCC(=O)Nc1ccc(N2C(=S)NC(c3ccccn3)C2c2cc(C)n(-c3cc([N+](=O)[O-])ccc3OC)c2C)cc1Cl. The smallest absolute Gasteiger partial charge is 0.271 e. The Morgan fingerprint density at radius 1 is 1.16 bits per heavy atom. The zero-order valence-corrected chi connectivity index (χ0v) is 25.4. The van der Waals surface area contributed by atoms with Gasteiger partial charge in [-0.15, -0.1) is 0 Å². The van der Waals surface area contributed by atoms with Crippen LogP contribution in [-0.2, 0) is 9.53 Å². The van der Waals surface area contributed by atoms with Gasteiger partial charge >= 0.3 is 0 Å². The number of nitrogens with zero attached hydrogens (tertiary/aromatic N) is 4. The fraction of sp³-hybridized carbons (Fsp3) is 0.233. The Bertz CT molecular complexity index is 1710. The highest BCUT2D eigenvalue weighted by Crippen LogP contribution is 2.45. The summed E-state index contributed by atoms with van der Waals surface area (Å²) in [6.45, 7) is 3.79. The number of hydrogen-bond donors (Lipinski definition) is 2. The summed E-state index contributed by atoms with van der Waals surface area (Å²) in [7, 11) is 2.97. The second kappa shape index (κ2) is 12.4. The first-order valence-electron chi connectivity index (χ1n) is 13.2. The molecule has 5 rings (SSSR count). The summed E-state index contributed by atoms with van der Waals surface area (Å²) in [6.07, 6.45) is 1.73. The van der Waals surface area contributed by atoms with E-state index in [1.165, 1.54) is 26.4 Å². The number of carbonyl (C=O) groups is 1. The fourth-order valence-electron chi connectivity index (χ4n) is 5.45. The summed E-state index contributed by atoms with van der Waals surface area (Å²) in [6, 6.07) is 16.8. The number of pyridine rings is 1. The first-order chi connectivity index (χ1) is 20.6. The molecule has 1 aliphatic rings. The summed E-state index contributed by atoms with van der Waals surface area (Å²) in [4.78, 5) is 29.9. The second-order valence-corrected chi connectivity index (χ2v) is 10.7. The topological polar surface area (TPSA) is 124 Å². The van der Waals surface area contributed by atoms with Crippen LogP contribution < -0.4 is 20.3 Å². The number of nitro groups is 1. The molecular formula is C30H29ClN6O5S. The number of halogens is 1. The number of anilines is 2. The molecule has 2 unspecified atom stereocenters. The number of rotatable bonds is 9. The lowest BCUT2D eigenvalue weighted by molar-refractivity contribution is -0.384. The maximum Gasteiger partial charge on any atom is 0.271 e. The second-order valence-electron chi connectivity index (χ2n) is 9.92. The van der Waals surface area contributed by atoms with E-state index in [4.69, 9.17) is 33.3 Å². The predicted octanol–water partition coefficient (Wildman–Crippen LogP) is 5.82. The van der Waals surface area contributed by atoms with Crippen molar-refractivity contribution in [3.63, 3.8) is 0 Å². The first kappa shape index (κ1) is 30.0. The lowest BCUT2D eigenvalue weighted by Gasteiger charge is -2.28. The first-order valence-corrected chi connectivity index (χ1v) is 14.0. The summed E-state index contributed by atoms with van der Waals surface area (Å²) >= 11 is 12.5. The minimum atomic E-state index is -0.429. The van der Waals surface area contributed by atoms with Crippen molar-refractivity contribution in [3.05, 3.63) is 105 Å². The van der Waals surface area contributed by atoms with Gasteiger partial charge in [-0.3, -0.25) is 19.9 Å². The minimum Gasteiger partial charge on any atom is -0.495 e. The van der Waals surface area contributed by atoms with E-state index in [9.17, 15) is 14.9 Å². The average molecular weight is 621 g/mol. The van der Waals surface area contributed by atoms with Crippen LogP contribution in [0, 0.1) is 24.0 Å². The van der Waals surface area contributed by atoms with Gasteiger partial charge in [0, 0.05) is 42.5 Å². The van der Waals surface area contributed by atoms with Crippen molar-refractivity contribution in [3.8, 4) is 11.4 Å². The van der Waals surface area contributed by atoms with Crippen LogP contribution in [0.2, 0.25) is 5.02 Å². The monoisotopic (exact) mass is 620 g/mol. The number of benzene rings is 2. The Balaban J connectivity index is 1.65.